The first kappa shape index (κ1) is 31.1. The lowest BCUT2D eigenvalue weighted by molar-refractivity contribution is -0.137. The maximum absolute atomic E-state index is 13.6. The summed E-state index contributed by atoms with van der Waals surface area (Å²) in [6.45, 7) is 2.79. The van der Waals surface area contributed by atoms with Crippen LogP contribution in [0.1, 0.15) is 27.9 Å². The van der Waals surface area contributed by atoms with E-state index in [-0.39, 0.29) is 50.6 Å². The van der Waals surface area contributed by atoms with Gasteiger partial charge in [0, 0.05) is 20.5 Å². The number of nitrogens with zero attached hydrogens (tertiary/aromatic N) is 2. The molecule has 0 saturated heterocycles. The highest BCUT2D eigenvalue weighted by atomic mass is 16.5. The van der Waals surface area contributed by atoms with Crippen LogP contribution in [0.4, 0.5) is 0 Å². The third-order valence-electron chi connectivity index (χ3n) is 7.19. The average molecular weight is 587 g/mol. The Morgan fingerprint density at radius 3 is 2.42 bits per heavy atom. The number of fused-ring (bicyclic) bond motifs is 1. The quantitative estimate of drug-likeness (QED) is 0.440. The molecule has 1 aliphatic rings. The molecule has 0 aliphatic carbocycles. The molecule has 43 heavy (non-hydrogen) atoms. The summed E-state index contributed by atoms with van der Waals surface area (Å²) < 4.78 is 11.7. The zero-order valence-corrected chi connectivity index (χ0v) is 24.7. The highest BCUT2D eigenvalue weighted by Crippen LogP contribution is 2.19. The molecular weight excluding hydrogens is 548 g/mol. The Labute approximate surface area is 252 Å². The van der Waals surface area contributed by atoms with E-state index in [0.29, 0.717) is 11.5 Å². The van der Waals surface area contributed by atoms with Crippen molar-refractivity contribution in [2.75, 3.05) is 40.4 Å². The van der Waals surface area contributed by atoms with E-state index in [1.807, 2.05) is 61.5 Å². The number of aryl methyl sites for hydroxylation is 1. The molecule has 10 heteroatoms. The van der Waals surface area contributed by atoms with E-state index >= 15 is 0 Å². The largest absolute Gasteiger partial charge is 0.492 e. The van der Waals surface area contributed by atoms with Crippen molar-refractivity contribution in [3.8, 4) is 11.5 Å². The van der Waals surface area contributed by atoms with Crippen molar-refractivity contribution in [1.29, 1.82) is 0 Å². The second-order valence-corrected chi connectivity index (χ2v) is 10.6. The maximum atomic E-state index is 13.6. The molecule has 4 amide bonds. The van der Waals surface area contributed by atoms with E-state index in [1.54, 1.807) is 38.4 Å². The Balaban J connectivity index is 1.54. The zero-order chi connectivity index (χ0) is 30.8. The van der Waals surface area contributed by atoms with E-state index in [4.69, 9.17) is 9.47 Å². The van der Waals surface area contributed by atoms with Gasteiger partial charge in [-0.1, -0.05) is 60.2 Å². The number of nitrogens with one attached hydrogen (secondary N) is 2. The van der Waals surface area contributed by atoms with Crippen LogP contribution in [0, 0.1) is 6.92 Å². The smallest absolute Gasteiger partial charge is 0.255 e. The topological polar surface area (TPSA) is 117 Å². The fourth-order valence-corrected chi connectivity index (χ4v) is 4.68. The van der Waals surface area contributed by atoms with Crippen molar-refractivity contribution in [2.24, 2.45) is 0 Å². The Kier molecular flexibility index (Phi) is 10.7. The first-order valence-electron chi connectivity index (χ1n) is 14.3. The lowest BCUT2D eigenvalue weighted by Crippen LogP contribution is -2.53. The average Bonchev–Trinajstić information content (AvgIpc) is 3.00. The summed E-state index contributed by atoms with van der Waals surface area (Å²) in [7, 11) is 3.23. The molecular formula is C33H38N4O6. The molecule has 226 valence electrons. The summed E-state index contributed by atoms with van der Waals surface area (Å²) in [5.41, 5.74) is 2.20. The number of amides is 4. The van der Waals surface area contributed by atoms with Gasteiger partial charge in [-0.2, -0.15) is 0 Å². The van der Waals surface area contributed by atoms with Crippen molar-refractivity contribution < 1.29 is 28.7 Å². The molecule has 1 aliphatic heterocycles. The monoisotopic (exact) mass is 586 g/mol. The van der Waals surface area contributed by atoms with Crippen LogP contribution in [-0.2, 0) is 20.8 Å². The standard InChI is InChI=1S/C33H38N4O6/c1-23-13-15-25(16-14-23)42-19-17-36(2)33(41)28-22-30(38)34-27(21-24-9-5-4-6-10-24)32(40)37(3)18-20-43-29-12-8-7-11-26(29)31(39)35-28/h4-16,27-28H,17-22H2,1-3H3,(H,34,38)(H,35,39)/t27-,28+/m1/s1. The first-order valence-corrected chi connectivity index (χ1v) is 14.3. The van der Waals surface area contributed by atoms with Crippen molar-refractivity contribution >= 4 is 23.6 Å². The number of carbonyl (C=O) groups is 4. The van der Waals surface area contributed by atoms with Gasteiger partial charge in [0.05, 0.1) is 25.1 Å². The Morgan fingerprint density at radius 2 is 1.67 bits per heavy atom. The highest BCUT2D eigenvalue weighted by Gasteiger charge is 2.31. The molecule has 2 N–H and O–H groups in total. The van der Waals surface area contributed by atoms with Gasteiger partial charge in [0.15, 0.2) is 0 Å². The third-order valence-corrected chi connectivity index (χ3v) is 7.19. The summed E-state index contributed by atoms with van der Waals surface area (Å²) in [4.78, 5) is 56.7. The van der Waals surface area contributed by atoms with Crippen molar-refractivity contribution in [3.05, 3.63) is 95.6 Å². The van der Waals surface area contributed by atoms with Gasteiger partial charge in [0.25, 0.3) is 5.91 Å². The van der Waals surface area contributed by atoms with Gasteiger partial charge < -0.3 is 29.9 Å². The van der Waals surface area contributed by atoms with Crippen molar-refractivity contribution in [2.45, 2.75) is 31.8 Å². The molecule has 2 atom stereocenters. The van der Waals surface area contributed by atoms with Crippen LogP contribution in [0.3, 0.4) is 0 Å². The van der Waals surface area contributed by atoms with E-state index in [9.17, 15) is 19.2 Å². The highest BCUT2D eigenvalue weighted by molar-refractivity contribution is 6.01. The molecule has 0 aromatic heterocycles. The van der Waals surface area contributed by atoms with E-state index in [2.05, 4.69) is 10.6 Å². The Hall–Kier alpha value is -4.86. The summed E-state index contributed by atoms with van der Waals surface area (Å²) in [6, 6.07) is 21.5. The number of carbonyl (C=O) groups excluding carboxylic acids is 4. The molecule has 0 spiro atoms. The van der Waals surface area contributed by atoms with Crippen LogP contribution < -0.4 is 20.1 Å². The van der Waals surface area contributed by atoms with Crippen LogP contribution in [0.2, 0.25) is 0 Å². The molecule has 3 aromatic rings. The second kappa shape index (κ2) is 14.9. The minimum atomic E-state index is -1.20. The van der Waals surface area contributed by atoms with Gasteiger partial charge in [0.1, 0.15) is 36.8 Å². The normalized spacial score (nSPS) is 17.9. The van der Waals surface area contributed by atoms with Gasteiger partial charge in [-0.05, 0) is 36.8 Å². The van der Waals surface area contributed by atoms with Gasteiger partial charge in [-0.3, -0.25) is 19.2 Å². The first-order chi connectivity index (χ1) is 20.7. The van der Waals surface area contributed by atoms with Gasteiger partial charge in [0.2, 0.25) is 17.7 Å². The van der Waals surface area contributed by atoms with Crippen LogP contribution in [-0.4, -0.2) is 85.9 Å². The fourth-order valence-electron chi connectivity index (χ4n) is 4.68. The Bertz CT molecular complexity index is 1410. The molecule has 3 aromatic carbocycles. The summed E-state index contributed by atoms with van der Waals surface area (Å²) >= 11 is 0. The summed E-state index contributed by atoms with van der Waals surface area (Å²) in [5, 5.41) is 5.54. The summed E-state index contributed by atoms with van der Waals surface area (Å²) in [6.07, 6.45) is -0.0975. The minimum Gasteiger partial charge on any atom is -0.492 e. The Morgan fingerprint density at radius 1 is 0.977 bits per heavy atom. The maximum Gasteiger partial charge on any atom is 0.255 e. The molecule has 0 saturated carbocycles. The number of hydrogen-bond acceptors (Lipinski definition) is 6. The number of likely N-dealkylation sites (N-methyl/N-ethyl adjacent to an activating group) is 2. The zero-order valence-electron chi connectivity index (χ0n) is 24.7. The van der Waals surface area contributed by atoms with Gasteiger partial charge in [-0.15, -0.1) is 0 Å². The second-order valence-electron chi connectivity index (χ2n) is 10.6. The number of rotatable bonds is 7. The minimum absolute atomic E-state index is 0.130. The molecule has 0 unspecified atom stereocenters. The molecule has 4 rings (SSSR count). The predicted octanol–water partition coefficient (Wildman–Crippen LogP) is 2.60. The third kappa shape index (κ3) is 8.81. The lowest BCUT2D eigenvalue weighted by Gasteiger charge is -2.28. The van der Waals surface area contributed by atoms with Gasteiger partial charge >= 0.3 is 0 Å². The van der Waals surface area contributed by atoms with Crippen LogP contribution in [0.15, 0.2) is 78.9 Å². The lowest BCUT2D eigenvalue weighted by atomic mass is 10.0. The van der Waals surface area contributed by atoms with Gasteiger partial charge in [-0.25, -0.2) is 0 Å². The molecule has 0 radical (unpaired) electrons. The number of hydrogen-bond donors (Lipinski definition) is 2. The van der Waals surface area contributed by atoms with Crippen molar-refractivity contribution in [1.82, 2.24) is 20.4 Å². The number of para-hydroxylation sites is 1. The molecule has 1 heterocycles. The van der Waals surface area contributed by atoms with Crippen LogP contribution in [0.5, 0.6) is 11.5 Å². The summed E-state index contributed by atoms with van der Waals surface area (Å²) in [5.74, 6) is -0.851. The number of ether oxygens (including phenoxy) is 2. The number of benzene rings is 3. The van der Waals surface area contributed by atoms with Crippen LogP contribution >= 0.6 is 0 Å². The van der Waals surface area contributed by atoms with E-state index in [0.717, 1.165) is 11.1 Å². The molecule has 10 nitrogen and oxygen atoms in total. The molecule has 0 fully saturated rings. The SMILES string of the molecule is Cc1ccc(OCCN(C)C(=O)[C@@H]2CC(=O)N[C@H](Cc3ccccc3)C(=O)N(C)CCOc3ccccc3C(=O)N2)cc1. The van der Waals surface area contributed by atoms with E-state index < -0.39 is 29.8 Å². The van der Waals surface area contributed by atoms with Crippen LogP contribution in [0.25, 0.3) is 0 Å². The molecule has 0 bridgehead atoms. The predicted molar refractivity (Wildman–Crippen MR) is 162 cm³/mol. The van der Waals surface area contributed by atoms with Crippen molar-refractivity contribution in [3.63, 3.8) is 0 Å². The van der Waals surface area contributed by atoms with E-state index in [1.165, 1.54) is 9.80 Å². The fraction of sp³-hybridized carbons (Fsp3) is 0.333.